The van der Waals surface area contributed by atoms with Gasteiger partial charge in [0.1, 0.15) is 5.82 Å². The number of benzene rings is 1. The lowest BCUT2D eigenvalue weighted by Crippen LogP contribution is -1.96. The molecule has 18 heavy (non-hydrogen) atoms. The molecule has 0 aliphatic rings. The molecule has 0 unspecified atom stereocenters. The van der Waals surface area contributed by atoms with E-state index in [1.54, 1.807) is 19.1 Å². The molecule has 0 spiro atoms. The van der Waals surface area contributed by atoms with E-state index in [1.807, 2.05) is 0 Å². The van der Waals surface area contributed by atoms with E-state index in [4.69, 9.17) is 0 Å². The summed E-state index contributed by atoms with van der Waals surface area (Å²) in [5.41, 5.74) is 2.64. The molecule has 0 amide bonds. The summed E-state index contributed by atoms with van der Waals surface area (Å²) in [6.45, 7) is 3.18. The summed E-state index contributed by atoms with van der Waals surface area (Å²) >= 11 is 0. The van der Waals surface area contributed by atoms with Gasteiger partial charge in [0.05, 0.1) is 5.69 Å². The number of aldehydes is 1. The number of aromatic amines is 1. The summed E-state index contributed by atoms with van der Waals surface area (Å²) in [6.07, 6.45) is 0.665. The van der Waals surface area contributed by atoms with Crippen LogP contribution in [-0.2, 0) is 0 Å². The Hall–Kier alpha value is -2.23. The maximum Gasteiger partial charge on any atom is 0.166 e. The molecule has 0 saturated carbocycles. The molecule has 3 nitrogen and oxygen atoms in total. The van der Waals surface area contributed by atoms with Crippen LogP contribution in [0.15, 0.2) is 24.3 Å². The van der Waals surface area contributed by atoms with Crippen molar-refractivity contribution in [1.29, 1.82) is 0 Å². The fourth-order valence-electron chi connectivity index (χ4n) is 2.09. The molecule has 2 aromatic rings. The van der Waals surface area contributed by atoms with Crippen LogP contribution >= 0.6 is 0 Å². The number of Topliss-reactive ketones (excluding diaryl/α,β-unsaturated/α-hetero) is 1. The molecular weight excluding hydrogens is 233 g/mol. The number of hydrogen-bond acceptors (Lipinski definition) is 2. The number of carbonyl (C=O) groups is 2. The van der Waals surface area contributed by atoms with Crippen LogP contribution in [0.5, 0.6) is 0 Å². The maximum atomic E-state index is 12.9. The van der Waals surface area contributed by atoms with Crippen LogP contribution in [0.3, 0.4) is 0 Å². The van der Waals surface area contributed by atoms with E-state index in [0.29, 0.717) is 34.4 Å². The summed E-state index contributed by atoms with van der Waals surface area (Å²) in [6, 6.07) is 5.71. The number of halogens is 1. The Bertz CT molecular complexity index is 611. The molecule has 1 N–H and O–H groups in total. The van der Waals surface area contributed by atoms with E-state index in [-0.39, 0.29) is 11.6 Å². The summed E-state index contributed by atoms with van der Waals surface area (Å²) in [7, 11) is 0. The van der Waals surface area contributed by atoms with Crippen molar-refractivity contribution in [1.82, 2.24) is 4.98 Å². The zero-order valence-corrected chi connectivity index (χ0v) is 10.1. The predicted octanol–water partition coefficient (Wildman–Crippen LogP) is 3.14. The number of carbonyl (C=O) groups excluding carboxylic acids is 2. The van der Waals surface area contributed by atoms with Gasteiger partial charge in [-0.3, -0.25) is 9.59 Å². The van der Waals surface area contributed by atoms with Gasteiger partial charge >= 0.3 is 0 Å². The minimum absolute atomic E-state index is 0.129. The third-order valence-corrected chi connectivity index (χ3v) is 2.82. The zero-order chi connectivity index (χ0) is 13.3. The molecule has 1 aromatic heterocycles. The van der Waals surface area contributed by atoms with Gasteiger partial charge < -0.3 is 4.98 Å². The van der Waals surface area contributed by atoms with Gasteiger partial charge in [0.15, 0.2) is 12.1 Å². The number of aromatic nitrogens is 1. The number of rotatable bonds is 3. The van der Waals surface area contributed by atoms with Crippen LogP contribution in [0.2, 0.25) is 0 Å². The van der Waals surface area contributed by atoms with E-state index >= 15 is 0 Å². The zero-order valence-electron chi connectivity index (χ0n) is 10.1. The van der Waals surface area contributed by atoms with Gasteiger partial charge in [0.25, 0.3) is 0 Å². The van der Waals surface area contributed by atoms with Gasteiger partial charge in [-0.1, -0.05) is 12.1 Å². The highest BCUT2D eigenvalue weighted by Gasteiger charge is 2.19. The first kappa shape index (κ1) is 12.2. The SMILES string of the molecule is CC(=O)c1c(C)[nH]c(C=O)c1-c1ccc(F)cc1. The van der Waals surface area contributed by atoms with Crippen molar-refractivity contribution < 1.29 is 14.0 Å². The summed E-state index contributed by atoms with van der Waals surface area (Å²) < 4.78 is 12.9. The van der Waals surface area contributed by atoms with Crippen molar-refractivity contribution in [3.8, 4) is 11.1 Å². The Labute approximate surface area is 104 Å². The second kappa shape index (κ2) is 4.56. The average Bonchev–Trinajstić information content (AvgIpc) is 2.67. The Morgan fingerprint density at radius 2 is 1.89 bits per heavy atom. The molecule has 0 saturated heterocycles. The van der Waals surface area contributed by atoms with Gasteiger partial charge in [0, 0.05) is 16.8 Å². The highest BCUT2D eigenvalue weighted by atomic mass is 19.1. The van der Waals surface area contributed by atoms with Crippen molar-refractivity contribution in [3.63, 3.8) is 0 Å². The van der Waals surface area contributed by atoms with Crippen molar-refractivity contribution in [2.45, 2.75) is 13.8 Å². The molecule has 0 aliphatic carbocycles. The monoisotopic (exact) mass is 245 g/mol. The van der Waals surface area contributed by atoms with E-state index in [0.717, 1.165) is 0 Å². The molecule has 0 fully saturated rings. The Morgan fingerprint density at radius 1 is 1.28 bits per heavy atom. The normalized spacial score (nSPS) is 10.4. The van der Waals surface area contributed by atoms with Crippen molar-refractivity contribution >= 4 is 12.1 Å². The van der Waals surface area contributed by atoms with Crippen molar-refractivity contribution in [2.75, 3.05) is 0 Å². The minimum atomic E-state index is -0.358. The van der Waals surface area contributed by atoms with Gasteiger partial charge in [0.2, 0.25) is 0 Å². The van der Waals surface area contributed by atoms with Crippen molar-refractivity contribution in [2.24, 2.45) is 0 Å². The maximum absolute atomic E-state index is 12.9. The van der Waals surface area contributed by atoms with E-state index < -0.39 is 0 Å². The second-order valence-corrected chi connectivity index (χ2v) is 4.09. The van der Waals surface area contributed by atoms with Gasteiger partial charge in [-0.2, -0.15) is 0 Å². The second-order valence-electron chi connectivity index (χ2n) is 4.09. The first-order chi connectivity index (χ1) is 8.54. The van der Waals surface area contributed by atoms with Crippen LogP contribution in [0.4, 0.5) is 4.39 Å². The topological polar surface area (TPSA) is 49.9 Å². The fraction of sp³-hybridized carbons (Fsp3) is 0.143. The average molecular weight is 245 g/mol. The highest BCUT2D eigenvalue weighted by molar-refractivity contribution is 6.06. The highest BCUT2D eigenvalue weighted by Crippen LogP contribution is 2.30. The third-order valence-electron chi connectivity index (χ3n) is 2.82. The molecule has 92 valence electrons. The fourth-order valence-corrected chi connectivity index (χ4v) is 2.09. The summed E-state index contributed by atoms with van der Waals surface area (Å²) in [5, 5.41) is 0. The number of H-pyrrole nitrogens is 1. The molecule has 1 heterocycles. The number of aryl methyl sites for hydroxylation is 1. The summed E-state index contributed by atoms with van der Waals surface area (Å²) in [4.78, 5) is 25.6. The van der Waals surface area contributed by atoms with Crippen molar-refractivity contribution in [3.05, 3.63) is 47.0 Å². The third kappa shape index (κ3) is 1.97. The Kier molecular flexibility index (Phi) is 3.10. The van der Waals surface area contributed by atoms with Gasteiger partial charge in [-0.25, -0.2) is 4.39 Å². The first-order valence-electron chi connectivity index (χ1n) is 5.49. The number of nitrogens with one attached hydrogen (secondary N) is 1. The van der Waals surface area contributed by atoms with Crippen LogP contribution in [0, 0.1) is 12.7 Å². The van der Waals surface area contributed by atoms with Gasteiger partial charge in [-0.15, -0.1) is 0 Å². The molecule has 0 bridgehead atoms. The smallest absolute Gasteiger partial charge is 0.166 e. The minimum Gasteiger partial charge on any atom is -0.355 e. The van der Waals surface area contributed by atoms with Crippen LogP contribution < -0.4 is 0 Å². The molecule has 0 aliphatic heterocycles. The first-order valence-corrected chi connectivity index (χ1v) is 5.49. The van der Waals surface area contributed by atoms with Crippen LogP contribution in [0.1, 0.15) is 33.5 Å². The quantitative estimate of drug-likeness (QED) is 0.667. The van der Waals surface area contributed by atoms with Crippen LogP contribution in [0.25, 0.3) is 11.1 Å². The molecule has 4 heteroatoms. The number of ketones is 1. The lowest BCUT2D eigenvalue weighted by molar-refractivity contribution is 0.101. The van der Waals surface area contributed by atoms with E-state index in [2.05, 4.69) is 4.98 Å². The largest absolute Gasteiger partial charge is 0.355 e. The van der Waals surface area contributed by atoms with Crippen LogP contribution in [-0.4, -0.2) is 17.1 Å². The van der Waals surface area contributed by atoms with Gasteiger partial charge in [-0.05, 0) is 31.5 Å². The lowest BCUT2D eigenvalue weighted by Gasteiger charge is -2.03. The molecule has 0 atom stereocenters. The molecular formula is C14H12FNO2. The summed E-state index contributed by atoms with van der Waals surface area (Å²) in [5.74, 6) is -0.487. The standard InChI is InChI=1S/C14H12FNO2/c1-8-13(9(2)18)14(12(7-17)16-8)10-3-5-11(15)6-4-10/h3-7,16H,1-2H3. The Balaban J connectivity index is 2.71. The molecule has 0 radical (unpaired) electrons. The van der Waals surface area contributed by atoms with E-state index in [1.165, 1.54) is 19.1 Å². The molecule has 2 rings (SSSR count). The lowest BCUT2D eigenvalue weighted by atomic mass is 9.98. The predicted molar refractivity (Wildman–Crippen MR) is 66.3 cm³/mol. The number of hydrogen-bond donors (Lipinski definition) is 1. The van der Waals surface area contributed by atoms with E-state index in [9.17, 15) is 14.0 Å². The molecule has 1 aromatic carbocycles. The Morgan fingerprint density at radius 3 is 2.39 bits per heavy atom.